The second kappa shape index (κ2) is 8.30. The number of hydrogen-bond acceptors (Lipinski definition) is 4. The lowest BCUT2D eigenvalue weighted by molar-refractivity contribution is -0.149. The van der Waals surface area contributed by atoms with Gasteiger partial charge >= 0.3 is 5.97 Å². The summed E-state index contributed by atoms with van der Waals surface area (Å²) in [5.74, 6) is -2.54. The molecule has 0 N–H and O–H groups in total. The number of likely N-dealkylation sites (tertiary alicyclic amines) is 1. The molecule has 8 heteroatoms. The first-order valence-corrected chi connectivity index (χ1v) is 9.95. The molecule has 0 atom stereocenters. The summed E-state index contributed by atoms with van der Waals surface area (Å²) in [4.78, 5) is 26.8. The minimum Gasteiger partial charge on any atom is -0.466 e. The highest BCUT2D eigenvalue weighted by atomic mass is 19.2. The third-order valence-corrected chi connectivity index (χ3v) is 5.50. The van der Waals surface area contributed by atoms with Crippen LogP contribution < -0.4 is 0 Å². The number of fused-ring (bicyclic) bond motifs is 1. The van der Waals surface area contributed by atoms with E-state index in [4.69, 9.17) is 9.15 Å². The minimum atomic E-state index is -0.934. The van der Waals surface area contributed by atoms with Crippen molar-refractivity contribution in [1.29, 1.82) is 0 Å². The molecule has 1 amide bonds. The maximum Gasteiger partial charge on any atom is 0.309 e. The summed E-state index contributed by atoms with van der Waals surface area (Å²) < 4.78 is 40.0. The number of nitrogens with zero attached hydrogens (tertiary/aromatic N) is 2. The number of piperidine rings is 1. The average molecular weight is 416 g/mol. The Morgan fingerprint density at radius 1 is 1.20 bits per heavy atom. The maximum atomic E-state index is 14.2. The summed E-state index contributed by atoms with van der Waals surface area (Å²) in [6, 6.07) is 7.29. The number of carbonyl (C=O) groups is 2. The second-order valence-corrected chi connectivity index (χ2v) is 7.32. The Kier molecular flexibility index (Phi) is 5.57. The molecule has 6 nitrogen and oxygen atoms in total. The molecule has 2 aromatic heterocycles. The van der Waals surface area contributed by atoms with Gasteiger partial charge in [-0.25, -0.2) is 8.78 Å². The maximum absolute atomic E-state index is 14.2. The lowest BCUT2D eigenvalue weighted by Gasteiger charge is -2.31. The van der Waals surface area contributed by atoms with Gasteiger partial charge in [0.1, 0.15) is 5.69 Å². The van der Waals surface area contributed by atoms with E-state index in [1.54, 1.807) is 28.5 Å². The van der Waals surface area contributed by atoms with Crippen LogP contribution in [0.4, 0.5) is 8.78 Å². The molecule has 4 rings (SSSR count). The van der Waals surface area contributed by atoms with E-state index in [0.717, 1.165) is 6.07 Å². The minimum absolute atomic E-state index is 0.00695. The number of halogens is 2. The van der Waals surface area contributed by atoms with E-state index in [1.165, 1.54) is 18.4 Å². The number of carbonyl (C=O) groups excluding carboxylic acids is 2. The third-order valence-electron chi connectivity index (χ3n) is 5.50. The SMILES string of the molecule is CCOC(=O)C1CCN(C(=O)c2cc3occc3n2Cc2cccc(F)c2F)CC1. The molecule has 1 aromatic carbocycles. The normalized spacial score (nSPS) is 15.0. The quantitative estimate of drug-likeness (QED) is 0.591. The van der Waals surface area contributed by atoms with E-state index in [1.807, 2.05) is 0 Å². The molecule has 1 aliphatic heterocycles. The van der Waals surface area contributed by atoms with Crippen molar-refractivity contribution in [3.05, 3.63) is 59.5 Å². The van der Waals surface area contributed by atoms with Crippen LogP contribution in [0, 0.1) is 17.6 Å². The Morgan fingerprint density at radius 3 is 2.70 bits per heavy atom. The Bertz CT molecular complexity index is 1080. The fourth-order valence-electron chi connectivity index (χ4n) is 3.91. The van der Waals surface area contributed by atoms with Gasteiger partial charge in [0.25, 0.3) is 5.91 Å². The fraction of sp³-hybridized carbons (Fsp3) is 0.364. The van der Waals surface area contributed by atoms with Crippen LogP contribution in [-0.2, 0) is 16.1 Å². The van der Waals surface area contributed by atoms with Gasteiger partial charge in [-0.05, 0) is 25.8 Å². The number of benzene rings is 1. The van der Waals surface area contributed by atoms with Gasteiger partial charge in [-0.3, -0.25) is 9.59 Å². The first-order valence-electron chi connectivity index (χ1n) is 9.95. The number of ether oxygens (including phenoxy) is 1. The predicted molar refractivity (Wildman–Crippen MR) is 105 cm³/mol. The number of amides is 1. The van der Waals surface area contributed by atoms with Crippen LogP contribution in [0.25, 0.3) is 11.1 Å². The summed E-state index contributed by atoms with van der Waals surface area (Å²) in [5.41, 5.74) is 1.60. The van der Waals surface area contributed by atoms with Crippen molar-refractivity contribution in [3.63, 3.8) is 0 Å². The number of furan rings is 1. The summed E-state index contributed by atoms with van der Waals surface area (Å²) >= 11 is 0. The van der Waals surface area contributed by atoms with E-state index < -0.39 is 11.6 Å². The van der Waals surface area contributed by atoms with Crippen molar-refractivity contribution in [2.24, 2.45) is 5.92 Å². The summed E-state index contributed by atoms with van der Waals surface area (Å²) in [6.45, 7) is 2.93. The molecular formula is C22H22F2N2O4. The monoisotopic (exact) mass is 416 g/mol. The van der Waals surface area contributed by atoms with Gasteiger partial charge in [0.2, 0.25) is 0 Å². The highest BCUT2D eigenvalue weighted by molar-refractivity contribution is 5.97. The Balaban J connectivity index is 1.58. The fourth-order valence-corrected chi connectivity index (χ4v) is 3.91. The van der Waals surface area contributed by atoms with Gasteiger partial charge < -0.3 is 18.6 Å². The van der Waals surface area contributed by atoms with E-state index in [2.05, 4.69) is 0 Å². The van der Waals surface area contributed by atoms with Crippen LogP contribution in [0.2, 0.25) is 0 Å². The zero-order valence-corrected chi connectivity index (χ0v) is 16.6. The smallest absolute Gasteiger partial charge is 0.309 e. The topological polar surface area (TPSA) is 64.7 Å². The Morgan fingerprint density at radius 2 is 1.97 bits per heavy atom. The molecular weight excluding hydrogens is 394 g/mol. The van der Waals surface area contributed by atoms with Crippen LogP contribution in [0.15, 0.2) is 41.0 Å². The lowest BCUT2D eigenvalue weighted by atomic mass is 9.97. The molecule has 0 spiro atoms. The standard InChI is InChI=1S/C22H22F2N2O4/c1-2-29-22(28)14-6-9-25(10-7-14)21(27)18-12-19-17(8-11-30-19)26(18)13-15-4-3-5-16(23)20(15)24/h3-5,8,11-12,14H,2,6-7,9-10,13H2,1H3. The van der Waals surface area contributed by atoms with Crippen molar-refractivity contribution in [3.8, 4) is 0 Å². The van der Waals surface area contributed by atoms with Crippen LogP contribution in [0.1, 0.15) is 35.8 Å². The highest BCUT2D eigenvalue weighted by Gasteiger charge is 2.30. The van der Waals surface area contributed by atoms with Gasteiger partial charge in [0.05, 0.1) is 30.8 Å². The highest BCUT2D eigenvalue weighted by Crippen LogP contribution is 2.27. The molecule has 1 aliphatic rings. The van der Waals surface area contributed by atoms with Crippen molar-refractivity contribution < 1.29 is 27.5 Å². The molecule has 1 fully saturated rings. The van der Waals surface area contributed by atoms with Crippen molar-refractivity contribution in [2.45, 2.75) is 26.3 Å². The van der Waals surface area contributed by atoms with Crippen molar-refractivity contribution >= 4 is 23.0 Å². The molecule has 0 radical (unpaired) electrons. The zero-order valence-electron chi connectivity index (χ0n) is 16.6. The summed E-state index contributed by atoms with van der Waals surface area (Å²) in [7, 11) is 0. The predicted octanol–water partition coefficient (Wildman–Crippen LogP) is 3.98. The third kappa shape index (κ3) is 3.69. The molecule has 0 bridgehead atoms. The van der Waals surface area contributed by atoms with E-state index in [0.29, 0.717) is 49.3 Å². The van der Waals surface area contributed by atoms with E-state index in [-0.39, 0.29) is 29.9 Å². The second-order valence-electron chi connectivity index (χ2n) is 7.32. The number of rotatable bonds is 5. The molecule has 0 aliphatic carbocycles. The Labute approximate surface area is 172 Å². The molecule has 1 saturated heterocycles. The van der Waals surface area contributed by atoms with E-state index >= 15 is 0 Å². The van der Waals surface area contributed by atoms with Gasteiger partial charge in [-0.1, -0.05) is 12.1 Å². The summed E-state index contributed by atoms with van der Waals surface area (Å²) in [5, 5.41) is 0. The number of esters is 1. The molecule has 3 aromatic rings. The molecule has 3 heterocycles. The summed E-state index contributed by atoms with van der Waals surface area (Å²) in [6.07, 6.45) is 2.54. The first kappa shape index (κ1) is 20.1. The van der Waals surface area contributed by atoms with Crippen LogP contribution in [0.5, 0.6) is 0 Å². The lowest BCUT2D eigenvalue weighted by Crippen LogP contribution is -2.41. The molecule has 0 saturated carbocycles. The van der Waals surface area contributed by atoms with Crippen molar-refractivity contribution in [2.75, 3.05) is 19.7 Å². The van der Waals surface area contributed by atoms with E-state index in [9.17, 15) is 18.4 Å². The number of hydrogen-bond donors (Lipinski definition) is 0. The molecule has 0 unspecified atom stereocenters. The molecule has 30 heavy (non-hydrogen) atoms. The van der Waals surface area contributed by atoms with Crippen LogP contribution in [-0.4, -0.2) is 41.0 Å². The zero-order chi connectivity index (χ0) is 21.3. The Hall–Kier alpha value is -3.16. The van der Waals surface area contributed by atoms with Gasteiger partial charge in [0, 0.05) is 30.8 Å². The first-order chi connectivity index (χ1) is 14.5. The van der Waals surface area contributed by atoms with Gasteiger partial charge in [0.15, 0.2) is 17.2 Å². The van der Waals surface area contributed by atoms with Gasteiger partial charge in [-0.15, -0.1) is 0 Å². The van der Waals surface area contributed by atoms with Crippen LogP contribution in [0.3, 0.4) is 0 Å². The largest absolute Gasteiger partial charge is 0.466 e. The van der Waals surface area contributed by atoms with Gasteiger partial charge in [-0.2, -0.15) is 0 Å². The average Bonchev–Trinajstić information content (AvgIpc) is 3.33. The number of aromatic nitrogens is 1. The van der Waals surface area contributed by atoms with Crippen LogP contribution >= 0.6 is 0 Å². The van der Waals surface area contributed by atoms with Crippen molar-refractivity contribution in [1.82, 2.24) is 9.47 Å². The molecule has 158 valence electrons.